The average Bonchev–Trinajstić information content (AvgIpc) is 2.43. The van der Waals surface area contributed by atoms with Crippen molar-refractivity contribution < 1.29 is 9.18 Å². The van der Waals surface area contributed by atoms with Gasteiger partial charge in [0.15, 0.2) is 5.78 Å². The highest BCUT2D eigenvalue weighted by molar-refractivity contribution is 9.10. The first-order valence-corrected chi connectivity index (χ1v) is 6.85. The van der Waals surface area contributed by atoms with Gasteiger partial charge in [0.1, 0.15) is 5.82 Å². The Balaban J connectivity index is 2.00. The molecule has 0 aliphatic rings. The largest absolute Gasteiger partial charge is 0.362 e. The molecule has 0 aliphatic carbocycles. The Labute approximate surface area is 125 Å². The Kier molecular flexibility index (Phi) is 4.69. The SMILES string of the molecule is Cc1cc(N/C=C/C(=O)c2ccc(Br)cc2)ccc1F. The van der Waals surface area contributed by atoms with Crippen LogP contribution in [0.15, 0.2) is 59.2 Å². The van der Waals surface area contributed by atoms with E-state index in [-0.39, 0.29) is 11.6 Å². The van der Waals surface area contributed by atoms with Gasteiger partial charge in [-0.1, -0.05) is 15.9 Å². The maximum atomic E-state index is 13.1. The van der Waals surface area contributed by atoms with Crippen LogP contribution in [0, 0.1) is 12.7 Å². The molecule has 1 N–H and O–H groups in total. The lowest BCUT2D eigenvalue weighted by atomic mass is 10.1. The monoisotopic (exact) mass is 333 g/mol. The van der Waals surface area contributed by atoms with E-state index in [4.69, 9.17) is 0 Å². The van der Waals surface area contributed by atoms with Crippen LogP contribution in [0.3, 0.4) is 0 Å². The molecule has 2 aromatic rings. The molecule has 0 fully saturated rings. The Morgan fingerprint density at radius 1 is 1.20 bits per heavy atom. The molecule has 0 radical (unpaired) electrons. The lowest BCUT2D eigenvalue weighted by molar-refractivity contribution is 0.104. The second-order valence-electron chi connectivity index (χ2n) is 4.31. The molecule has 4 heteroatoms. The highest BCUT2D eigenvalue weighted by atomic mass is 79.9. The molecule has 0 saturated carbocycles. The Hall–Kier alpha value is -1.94. The third-order valence-corrected chi connectivity index (χ3v) is 3.30. The number of allylic oxidation sites excluding steroid dienone is 1. The summed E-state index contributed by atoms with van der Waals surface area (Å²) in [5, 5.41) is 2.95. The molecule has 0 aromatic heterocycles. The number of rotatable bonds is 4. The van der Waals surface area contributed by atoms with E-state index in [0.717, 1.165) is 10.2 Å². The van der Waals surface area contributed by atoms with Crippen molar-refractivity contribution in [2.45, 2.75) is 6.92 Å². The summed E-state index contributed by atoms with van der Waals surface area (Å²) in [6.45, 7) is 1.69. The van der Waals surface area contributed by atoms with Gasteiger partial charge in [-0.15, -0.1) is 0 Å². The summed E-state index contributed by atoms with van der Waals surface area (Å²) in [6, 6.07) is 11.8. The average molecular weight is 334 g/mol. The van der Waals surface area contributed by atoms with E-state index >= 15 is 0 Å². The highest BCUT2D eigenvalue weighted by Gasteiger charge is 2.01. The van der Waals surface area contributed by atoms with Crippen molar-refractivity contribution in [1.29, 1.82) is 0 Å². The van der Waals surface area contributed by atoms with Crippen LogP contribution in [0.4, 0.5) is 10.1 Å². The lowest BCUT2D eigenvalue weighted by Gasteiger charge is -2.02. The predicted molar refractivity (Wildman–Crippen MR) is 82.4 cm³/mol. The molecule has 0 amide bonds. The minimum atomic E-state index is -0.245. The van der Waals surface area contributed by atoms with E-state index in [1.807, 2.05) is 12.1 Å². The molecule has 0 heterocycles. The number of aryl methyl sites for hydroxylation is 1. The molecule has 0 atom stereocenters. The number of benzene rings is 2. The second-order valence-corrected chi connectivity index (χ2v) is 5.23. The van der Waals surface area contributed by atoms with E-state index in [0.29, 0.717) is 11.1 Å². The number of carbonyl (C=O) groups excluding carboxylic acids is 1. The highest BCUT2D eigenvalue weighted by Crippen LogP contribution is 2.14. The molecule has 102 valence electrons. The van der Waals surface area contributed by atoms with E-state index < -0.39 is 0 Å². The summed E-state index contributed by atoms with van der Waals surface area (Å²) >= 11 is 3.32. The zero-order chi connectivity index (χ0) is 14.5. The Morgan fingerprint density at radius 2 is 1.90 bits per heavy atom. The van der Waals surface area contributed by atoms with Gasteiger partial charge in [-0.3, -0.25) is 4.79 Å². The summed E-state index contributed by atoms with van der Waals surface area (Å²) in [5.41, 5.74) is 1.91. The number of hydrogen-bond donors (Lipinski definition) is 1. The summed E-state index contributed by atoms with van der Waals surface area (Å²) in [6.07, 6.45) is 3.00. The van der Waals surface area contributed by atoms with Crippen LogP contribution in [0.2, 0.25) is 0 Å². The van der Waals surface area contributed by atoms with E-state index in [1.165, 1.54) is 12.1 Å². The van der Waals surface area contributed by atoms with Crippen molar-refractivity contribution in [3.8, 4) is 0 Å². The zero-order valence-corrected chi connectivity index (χ0v) is 12.4. The molecule has 2 nitrogen and oxygen atoms in total. The molecule has 0 aliphatic heterocycles. The number of anilines is 1. The van der Waals surface area contributed by atoms with Crippen LogP contribution in [0.25, 0.3) is 0 Å². The van der Waals surface area contributed by atoms with Gasteiger partial charge in [0.25, 0.3) is 0 Å². The van der Waals surface area contributed by atoms with Crippen LogP contribution in [0.5, 0.6) is 0 Å². The van der Waals surface area contributed by atoms with Crippen LogP contribution in [0.1, 0.15) is 15.9 Å². The molecule has 2 rings (SSSR count). The van der Waals surface area contributed by atoms with Crippen molar-refractivity contribution in [3.63, 3.8) is 0 Å². The van der Waals surface area contributed by atoms with Crippen LogP contribution in [-0.2, 0) is 0 Å². The molecule has 2 aromatic carbocycles. The van der Waals surface area contributed by atoms with Crippen molar-refractivity contribution in [3.05, 3.63) is 76.2 Å². The van der Waals surface area contributed by atoms with Crippen molar-refractivity contribution in [2.24, 2.45) is 0 Å². The normalized spacial score (nSPS) is 10.8. The first kappa shape index (κ1) is 14.5. The predicted octanol–water partition coefficient (Wildman–Crippen LogP) is 4.71. The van der Waals surface area contributed by atoms with Gasteiger partial charge in [0.05, 0.1) is 0 Å². The number of ketones is 1. The molecule has 0 bridgehead atoms. The standard InChI is InChI=1S/C16H13BrFNO/c1-11-10-14(6-7-15(11)18)19-9-8-16(20)12-2-4-13(17)5-3-12/h2-10,19H,1H3/b9-8+. The van der Waals surface area contributed by atoms with Gasteiger partial charge in [-0.05, 0) is 55.0 Å². The fourth-order valence-electron chi connectivity index (χ4n) is 1.66. The van der Waals surface area contributed by atoms with Gasteiger partial charge in [0, 0.05) is 28.0 Å². The lowest BCUT2D eigenvalue weighted by Crippen LogP contribution is -1.96. The third-order valence-electron chi connectivity index (χ3n) is 2.77. The Morgan fingerprint density at radius 3 is 2.55 bits per heavy atom. The van der Waals surface area contributed by atoms with Crippen molar-refractivity contribution in [1.82, 2.24) is 0 Å². The minimum absolute atomic E-state index is 0.0937. The minimum Gasteiger partial charge on any atom is -0.362 e. The molecular weight excluding hydrogens is 321 g/mol. The topological polar surface area (TPSA) is 29.1 Å². The molecular formula is C16H13BrFNO. The quantitative estimate of drug-likeness (QED) is 0.648. The van der Waals surface area contributed by atoms with E-state index in [1.54, 1.807) is 37.4 Å². The fraction of sp³-hybridized carbons (Fsp3) is 0.0625. The third kappa shape index (κ3) is 3.78. The summed E-state index contributed by atoms with van der Waals surface area (Å²) in [4.78, 5) is 11.9. The van der Waals surface area contributed by atoms with Crippen molar-refractivity contribution in [2.75, 3.05) is 5.32 Å². The summed E-state index contributed by atoms with van der Waals surface area (Å²) in [7, 11) is 0. The van der Waals surface area contributed by atoms with Gasteiger partial charge in [0.2, 0.25) is 0 Å². The van der Waals surface area contributed by atoms with Crippen LogP contribution in [-0.4, -0.2) is 5.78 Å². The van der Waals surface area contributed by atoms with E-state index in [9.17, 15) is 9.18 Å². The molecule has 0 saturated heterocycles. The van der Waals surface area contributed by atoms with E-state index in [2.05, 4.69) is 21.2 Å². The fourth-order valence-corrected chi connectivity index (χ4v) is 1.92. The maximum Gasteiger partial charge on any atom is 0.187 e. The second kappa shape index (κ2) is 6.48. The zero-order valence-electron chi connectivity index (χ0n) is 10.9. The van der Waals surface area contributed by atoms with Crippen LogP contribution >= 0.6 is 15.9 Å². The van der Waals surface area contributed by atoms with Gasteiger partial charge >= 0.3 is 0 Å². The maximum absolute atomic E-state index is 13.1. The summed E-state index contributed by atoms with van der Waals surface area (Å²) in [5.74, 6) is -0.339. The first-order valence-electron chi connectivity index (χ1n) is 6.05. The molecule has 0 unspecified atom stereocenters. The number of carbonyl (C=O) groups is 1. The first-order chi connectivity index (χ1) is 9.56. The smallest absolute Gasteiger partial charge is 0.187 e. The Bertz CT molecular complexity index is 650. The van der Waals surface area contributed by atoms with Gasteiger partial charge in [-0.25, -0.2) is 4.39 Å². The van der Waals surface area contributed by atoms with Crippen molar-refractivity contribution >= 4 is 27.4 Å². The molecule has 20 heavy (non-hydrogen) atoms. The van der Waals surface area contributed by atoms with Gasteiger partial charge < -0.3 is 5.32 Å². The number of nitrogens with one attached hydrogen (secondary N) is 1. The molecule has 0 spiro atoms. The summed E-state index contributed by atoms with van der Waals surface area (Å²) < 4.78 is 14.0. The number of halogens is 2. The number of hydrogen-bond acceptors (Lipinski definition) is 2. The van der Waals surface area contributed by atoms with Gasteiger partial charge in [-0.2, -0.15) is 0 Å². The van der Waals surface area contributed by atoms with Crippen LogP contribution < -0.4 is 5.32 Å².